The van der Waals surface area contributed by atoms with Gasteiger partial charge in [0.05, 0.1) is 17.4 Å². The lowest BCUT2D eigenvalue weighted by Crippen LogP contribution is -2.49. The summed E-state index contributed by atoms with van der Waals surface area (Å²) in [6.45, 7) is 1.79. The Morgan fingerprint density at radius 1 is 0.938 bits per heavy atom. The quantitative estimate of drug-likeness (QED) is 0.638. The van der Waals surface area contributed by atoms with Gasteiger partial charge in [0.1, 0.15) is 17.5 Å². The number of benzene rings is 2. The number of halogens is 3. The number of anilines is 2. The predicted octanol–water partition coefficient (Wildman–Crippen LogP) is 4.23. The zero-order chi connectivity index (χ0) is 22.7. The van der Waals surface area contributed by atoms with Crippen LogP contribution in [0.3, 0.4) is 0 Å². The average Bonchev–Trinajstić information content (AvgIpc) is 2.80. The second kappa shape index (κ2) is 9.32. The standard InChI is InChI=1S/C23H19ClF2N4O2/c24-16-3-1-15(2-4-16)22(31)28-18-6-8-21(27-14-18)29-9-11-30(12-10-29)23(32)19-7-5-17(25)13-20(19)26/h1-8,13-14H,9-12H2,(H,28,31). The molecule has 0 spiro atoms. The smallest absolute Gasteiger partial charge is 0.256 e. The van der Waals surface area contributed by atoms with Gasteiger partial charge >= 0.3 is 0 Å². The Kier molecular flexibility index (Phi) is 6.32. The van der Waals surface area contributed by atoms with E-state index < -0.39 is 17.5 Å². The van der Waals surface area contributed by atoms with E-state index in [1.54, 1.807) is 42.6 Å². The van der Waals surface area contributed by atoms with Crippen LogP contribution in [-0.2, 0) is 0 Å². The van der Waals surface area contributed by atoms with E-state index >= 15 is 0 Å². The summed E-state index contributed by atoms with van der Waals surface area (Å²) in [7, 11) is 0. The molecule has 9 heteroatoms. The minimum atomic E-state index is -0.865. The van der Waals surface area contributed by atoms with E-state index in [0.717, 1.165) is 12.1 Å². The minimum absolute atomic E-state index is 0.140. The molecule has 1 N–H and O–H groups in total. The first-order valence-electron chi connectivity index (χ1n) is 9.93. The first-order valence-corrected chi connectivity index (χ1v) is 10.3. The third-order valence-electron chi connectivity index (χ3n) is 5.16. The van der Waals surface area contributed by atoms with Gasteiger partial charge in [-0.1, -0.05) is 11.6 Å². The Labute approximate surface area is 188 Å². The molecule has 1 aliphatic heterocycles. The number of pyridine rings is 1. The topological polar surface area (TPSA) is 65.5 Å². The Balaban J connectivity index is 1.34. The molecule has 0 unspecified atom stereocenters. The van der Waals surface area contributed by atoms with Gasteiger partial charge in [0.15, 0.2) is 0 Å². The number of rotatable bonds is 4. The number of nitrogens with one attached hydrogen (secondary N) is 1. The van der Waals surface area contributed by atoms with Crippen molar-refractivity contribution in [1.82, 2.24) is 9.88 Å². The number of carbonyl (C=O) groups excluding carboxylic acids is 2. The lowest BCUT2D eigenvalue weighted by molar-refractivity contribution is 0.0741. The first kappa shape index (κ1) is 21.7. The molecular weight excluding hydrogens is 438 g/mol. The zero-order valence-corrected chi connectivity index (χ0v) is 17.6. The van der Waals surface area contributed by atoms with Crippen LogP contribution in [0.5, 0.6) is 0 Å². The molecule has 164 valence electrons. The van der Waals surface area contributed by atoms with Crippen molar-refractivity contribution in [2.45, 2.75) is 0 Å². The molecule has 1 fully saturated rings. The molecule has 0 atom stereocenters. The van der Waals surface area contributed by atoms with E-state index in [1.165, 1.54) is 4.90 Å². The van der Waals surface area contributed by atoms with E-state index in [4.69, 9.17) is 11.6 Å². The summed E-state index contributed by atoms with van der Waals surface area (Å²) in [4.78, 5) is 32.8. The largest absolute Gasteiger partial charge is 0.353 e. The van der Waals surface area contributed by atoms with E-state index in [1.807, 2.05) is 4.90 Å². The van der Waals surface area contributed by atoms with Gasteiger partial charge in [0.2, 0.25) is 0 Å². The number of hydrogen-bond acceptors (Lipinski definition) is 4. The van der Waals surface area contributed by atoms with Crippen molar-refractivity contribution in [1.29, 1.82) is 0 Å². The van der Waals surface area contributed by atoms with Crippen molar-refractivity contribution >= 4 is 34.9 Å². The third-order valence-corrected chi connectivity index (χ3v) is 5.42. The Morgan fingerprint density at radius 2 is 1.66 bits per heavy atom. The second-order valence-corrected chi connectivity index (χ2v) is 7.71. The number of aromatic nitrogens is 1. The van der Waals surface area contributed by atoms with Crippen LogP contribution in [0.4, 0.5) is 20.3 Å². The zero-order valence-electron chi connectivity index (χ0n) is 16.9. The number of amides is 2. The maximum absolute atomic E-state index is 13.9. The summed E-state index contributed by atoms with van der Waals surface area (Å²) >= 11 is 5.84. The van der Waals surface area contributed by atoms with Gasteiger partial charge in [-0.25, -0.2) is 13.8 Å². The van der Waals surface area contributed by atoms with Crippen molar-refractivity contribution < 1.29 is 18.4 Å². The van der Waals surface area contributed by atoms with E-state index in [2.05, 4.69) is 10.3 Å². The monoisotopic (exact) mass is 456 g/mol. The van der Waals surface area contributed by atoms with Gasteiger partial charge in [-0.15, -0.1) is 0 Å². The Bertz CT molecular complexity index is 1130. The van der Waals surface area contributed by atoms with Crippen LogP contribution in [0.1, 0.15) is 20.7 Å². The van der Waals surface area contributed by atoms with Gasteiger partial charge in [-0.05, 0) is 48.5 Å². The summed E-state index contributed by atoms with van der Waals surface area (Å²) < 4.78 is 27.0. The van der Waals surface area contributed by atoms with Gasteiger partial charge in [-0.3, -0.25) is 9.59 Å². The van der Waals surface area contributed by atoms with Crippen LogP contribution in [0, 0.1) is 11.6 Å². The van der Waals surface area contributed by atoms with Crippen molar-refractivity contribution in [2.24, 2.45) is 0 Å². The molecule has 1 saturated heterocycles. The fraction of sp³-hybridized carbons (Fsp3) is 0.174. The highest BCUT2D eigenvalue weighted by Crippen LogP contribution is 2.19. The van der Waals surface area contributed by atoms with E-state index in [9.17, 15) is 18.4 Å². The molecule has 0 aliphatic carbocycles. The van der Waals surface area contributed by atoms with Gasteiger partial charge in [0, 0.05) is 42.8 Å². The lowest BCUT2D eigenvalue weighted by Gasteiger charge is -2.35. The number of hydrogen-bond donors (Lipinski definition) is 1. The van der Waals surface area contributed by atoms with Crippen LogP contribution in [0.25, 0.3) is 0 Å². The van der Waals surface area contributed by atoms with E-state index in [0.29, 0.717) is 54.3 Å². The van der Waals surface area contributed by atoms with E-state index in [-0.39, 0.29) is 11.5 Å². The minimum Gasteiger partial charge on any atom is -0.353 e. The van der Waals surface area contributed by atoms with Crippen LogP contribution in [-0.4, -0.2) is 47.9 Å². The molecular formula is C23H19ClF2N4O2. The summed E-state index contributed by atoms with van der Waals surface area (Å²) in [5.74, 6) is -1.61. The summed E-state index contributed by atoms with van der Waals surface area (Å²) in [6.07, 6.45) is 1.56. The highest BCUT2D eigenvalue weighted by molar-refractivity contribution is 6.30. The molecule has 4 rings (SSSR count). The maximum atomic E-state index is 13.9. The predicted molar refractivity (Wildman–Crippen MR) is 118 cm³/mol. The molecule has 2 amide bonds. The van der Waals surface area contributed by atoms with Gasteiger partial charge < -0.3 is 15.1 Å². The van der Waals surface area contributed by atoms with Crippen molar-refractivity contribution in [2.75, 3.05) is 36.4 Å². The van der Waals surface area contributed by atoms with Crippen molar-refractivity contribution in [3.05, 3.63) is 88.6 Å². The Morgan fingerprint density at radius 3 is 2.28 bits per heavy atom. The molecule has 0 saturated carbocycles. The van der Waals surface area contributed by atoms with Crippen molar-refractivity contribution in [3.8, 4) is 0 Å². The van der Waals surface area contributed by atoms with Gasteiger partial charge in [0.25, 0.3) is 11.8 Å². The summed E-state index contributed by atoms with van der Waals surface area (Å²) in [6, 6.07) is 13.0. The molecule has 32 heavy (non-hydrogen) atoms. The second-order valence-electron chi connectivity index (χ2n) is 7.27. The molecule has 1 aromatic heterocycles. The van der Waals surface area contributed by atoms with Crippen molar-refractivity contribution in [3.63, 3.8) is 0 Å². The SMILES string of the molecule is O=C(Nc1ccc(N2CCN(C(=O)c3ccc(F)cc3F)CC2)nc1)c1ccc(Cl)cc1. The fourth-order valence-corrected chi connectivity index (χ4v) is 3.55. The summed E-state index contributed by atoms with van der Waals surface area (Å²) in [5, 5.41) is 3.33. The van der Waals surface area contributed by atoms with Crippen LogP contribution >= 0.6 is 11.6 Å². The van der Waals surface area contributed by atoms with Crippen LogP contribution in [0.15, 0.2) is 60.8 Å². The van der Waals surface area contributed by atoms with Gasteiger partial charge in [-0.2, -0.15) is 0 Å². The first-order chi connectivity index (χ1) is 15.4. The maximum Gasteiger partial charge on any atom is 0.256 e. The number of piperazine rings is 1. The molecule has 2 aromatic carbocycles. The summed E-state index contributed by atoms with van der Waals surface area (Å²) in [5.41, 5.74) is 0.893. The molecule has 3 aromatic rings. The lowest BCUT2D eigenvalue weighted by atomic mass is 10.1. The molecule has 0 bridgehead atoms. The highest BCUT2D eigenvalue weighted by Gasteiger charge is 2.25. The highest BCUT2D eigenvalue weighted by atomic mass is 35.5. The number of nitrogens with zero attached hydrogens (tertiary/aromatic N) is 3. The van der Waals surface area contributed by atoms with Crippen LogP contribution < -0.4 is 10.2 Å². The molecule has 1 aliphatic rings. The Hall–Kier alpha value is -3.52. The molecule has 6 nitrogen and oxygen atoms in total. The number of carbonyl (C=O) groups is 2. The fourth-order valence-electron chi connectivity index (χ4n) is 3.42. The normalized spacial score (nSPS) is 13.7. The molecule has 2 heterocycles. The van der Waals surface area contributed by atoms with Crippen LogP contribution in [0.2, 0.25) is 5.02 Å². The molecule has 0 radical (unpaired) electrons. The average molecular weight is 457 g/mol. The third kappa shape index (κ3) is 4.86.